The van der Waals surface area contributed by atoms with E-state index in [4.69, 9.17) is 4.74 Å². The maximum Gasteiger partial charge on any atom is 0.142 e. The zero-order valence-corrected chi connectivity index (χ0v) is 14.2. The SMILES string of the molecule is CCOc1ccccc1N1CCN(c2cc(C3CC3)ncn2)CC1. The van der Waals surface area contributed by atoms with Crippen molar-refractivity contribution in [3.05, 3.63) is 42.4 Å². The van der Waals surface area contributed by atoms with Crippen molar-refractivity contribution in [3.63, 3.8) is 0 Å². The smallest absolute Gasteiger partial charge is 0.142 e. The molecular formula is C19H24N4O. The van der Waals surface area contributed by atoms with Gasteiger partial charge < -0.3 is 14.5 Å². The summed E-state index contributed by atoms with van der Waals surface area (Å²) in [5.41, 5.74) is 2.41. The van der Waals surface area contributed by atoms with Crippen molar-refractivity contribution in [3.8, 4) is 5.75 Å². The Labute approximate surface area is 143 Å². The summed E-state index contributed by atoms with van der Waals surface area (Å²) in [6, 6.07) is 10.5. The summed E-state index contributed by atoms with van der Waals surface area (Å²) < 4.78 is 5.77. The van der Waals surface area contributed by atoms with Crippen molar-refractivity contribution < 1.29 is 4.74 Å². The van der Waals surface area contributed by atoms with Gasteiger partial charge in [-0.3, -0.25) is 0 Å². The lowest BCUT2D eigenvalue weighted by Crippen LogP contribution is -2.47. The van der Waals surface area contributed by atoms with Crippen LogP contribution in [0.3, 0.4) is 0 Å². The summed E-state index contributed by atoms with van der Waals surface area (Å²) in [5, 5.41) is 0. The third-order valence-electron chi connectivity index (χ3n) is 4.78. The molecule has 126 valence electrons. The minimum absolute atomic E-state index is 0.672. The summed E-state index contributed by atoms with van der Waals surface area (Å²) >= 11 is 0. The highest BCUT2D eigenvalue weighted by Gasteiger charge is 2.26. The molecule has 2 heterocycles. The van der Waals surface area contributed by atoms with Gasteiger partial charge in [-0.15, -0.1) is 0 Å². The molecule has 24 heavy (non-hydrogen) atoms. The lowest BCUT2D eigenvalue weighted by molar-refractivity contribution is 0.340. The fourth-order valence-electron chi connectivity index (χ4n) is 3.31. The second kappa shape index (κ2) is 6.67. The number of rotatable bonds is 5. The fraction of sp³-hybridized carbons (Fsp3) is 0.474. The third-order valence-corrected chi connectivity index (χ3v) is 4.78. The van der Waals surface area contributed by atoms with Gasteiger partial charge in [0.1, 0.15) is 17.9 Å². The summed E-state index contributed by atoms with van der Waals surface area (Å²) in [4.78, 5) is 13.7. The van der Waals surface area contributed by atoms with Gasteiger partial charge in [0, 0.05) is 43.9 Å². The number of hydrogen-bond acceptors (Lipinski definition) is 5. The summed E-state index contributed by atoms with van der Waals surface area (Å²) in [7, 11) is 0. The molecule has 1 aromatic carbocycles. The zero-order chi connectivity index (χ0) is 16.4. The first-order chi connectivity index (χ1) is 11.8. The number of anilines is 2. The Balaban J connectivity index is 1.44. The maximum atomic E-state index is 5.77. The molecule has 1 aliphatic carbocycles. The van der Waals surface area contributed by atoms with E-state index < -0.39 is 0 Å². The van der Waals surface area contributed by atoms with Crippen molar-refractivity contribution >= 4 is 11.5 Å². The van der Waals surface area contributed by atoms with Gasteiger partial charge in [-0.25, -0.2) is 9.97 Å². The number of aromatic nitrogens is 2. The highest BCUT2D eigenvalue weighted by atomic mass is 16.5. The molecule has 1 saturated carbocycles. The Bertz CT molecular complexity index is 693. The van der Waals surface area contributed by atoms with Gasteiger partial charge in [-0.1, -0.05) is 12.1 Å². The van der Waals surface area contributed by atoms with E-state index >= 15 is 0 Å². The number of nitrogens with zero attached hydrogens (tertiary/aromatic N) is 4. The first-order valence-corrected chi connectivity index (χ1v) is 8.89. The number of para-hydroxylation sites is 2. The van der Waals surface area contributed by atoms with Crippen LogP contribution in [0, 0.1) is 0 Å². The van der Waals surface area contributed by atoms with Gasteiger partial charge in [0.15, 0.2) is 0 Å². The molecule has 0 atom stereocenters. The molecule has 2 fully saturated rings. The minimum atomic E-state index is 0.672. The molecule has 1 aromatic heterocycles. The Morgan fingerprint density at radius 3 is 2.54 bits per heavy atom. The first kappa shape index (κ1) is 15.2. The van der Waals surface area contributed by atoms with Crippen LogP contribution in [-0.2, 0) is 0 Å². The van der Waals surface area contributed by atoms with Gasteiger partial charge in [0.05, 0.1) is 12.3 Å². The Morgan fingerprint density at radius 1 is 1.04 bits per heavy atom. The minimum Gasteiger partial charge on any atom is -0.492 e. The summed E-state index contributed by atoms with van der Waals surface area (Å²) in [6.45, 7) is 6.63. The molecule has 2 aromatic rings. The Hall–Kier alpha value is -2.30. The van der Waals surface area contributed by atoms with Gasteiger partial charge >= 0.3 is 0 Å². The fourth-order valence-corrected chi connectivity index (χ4v) is 3.31. The van der Waals surface area contributed by atoms with Crippen LogP contribution >= 0.6 is 0 Å². The van der Waals surface area contributed by atoms with Crippen LogP contribution in [0.15, 0.2) is 36.7 Å². The van der Waals surface area contributed by atoms with Crippen molar-refractivity contribution in [2.24, 2.45) is 0 Å². The highest BCUT2D eigenvalue weighted by molar-refractivity contribution is 5.59. The molecule has 5 heteroatoms. The second-order valence-electron chi connectivity index (χ2n) is 6.45. The molecule has 5 nitrogen and oxygen atoms in total. The molecule has 2 aliphatic rings. The summed E-state index contributed by atoms with van der Waals surface area (Å²) in [6.07, 6.45) is 4.27. The topological polar surface area (TPSA) is 41.5 Å². The predicted octanol–water partition coefficient (Wildman–Crippen LogP) is 3.08. The molecule has 0 radical (unpaired) electrons. The van der Waals surface area contributed by atoms with Crippen molar-refractivity contribution in [1.82, 2.24) is 9.97 Å². The van der Waals surface area contributed by atoms with Crippen molar-refractivity contribution in [2.75, 3.05) is 42.6 Å². The predicted molar refractivity (Wildman–Crippen MR) is 96.0 cm³/mol. The lowest BCUT2D eigenvalue weighted by Gasteiger charge is -2.37. The average Bonchev–Trinajstić information content (AvgIpc) is 3.48. The monoisotopic (exact) mass is 324 g/mol. The van der Waals surface area contributed by atoms with E-state index in [-0.39, 0.29) is 0 Å². The van der Waals surface area contributed by atoms with Crippen LogP contribution in [0.4, 0.5) is 11.5 Å². The molecule has 1 aliphatic heterocycles. The number of piperazine rings is 1. The molecule has 0 bridgehead atoms. The lowest BCUT2D eigenvalue weighted by atomic mass is 10.2. The van der Waals surface area contributed by atoms with Crippen LogP contribution in [0.5, 0.6) is 5.75 Å². The van der Waals surface area contributed by atoms with Gasteiger partial charge in [-0.05, 0) is 31.9 Å². The van der Waals surface area contributed by atoms with Crippen LogP contribution in [-0.4, -0.2) is 42.8 Å². The first-order valence-electron chi connectivity index (χ1n) is 8.89. The summed E-state index contributed by atoms with van der Waals surface area (Å²) in [5.74, 6) is 2.72. The average molecular weight is 324 g/mol. The van der Waals surface area contributed by atoms with E-state index in [1.165, 1.54) is 24.2 Å². The molecule has 0 spiro atoms. The van der Waals surface area contributed by atoms with Crippen LogP contribution in [0.2, 0.25) is 0 Å². The van der Waals surface area contributed by atoms with Crippen LogP contribution in [0.25, 0.3) is 0 Å². The van der Waals surface area contributed by atoms with E-state index in [0.717, 1.165) is 37.7 Å². The molecule has 0 unspecified atom stereocenters. The van der Waals surface area contributed by atoms with E-state index in [0.29, 0.717) is 12.5 Å². The molecule has 4 rings (SSSR count). The molecule has 1 saturated heterocycles. The van der Waals surface area contributed by atoms with E-state index in [1.54, 1.807) is 6.33 Å². The quantitative estimate of drug-likeness (QED) is 0.845. The Kier molecular flexibility index (Phi) is 4.24. The molecule has 0 amide bonds. The standard InChI is InChI=1S/C19H24N4O/c1-2-24-18-6-4-3-5-17(18)22-9-11-23(12-10-22)19-13-16(15-7-8-15)20-14-21-19/h3-6,13-15H,2,7-12H2,1H3. The number of hydrogen-bond donors (Lipinski definition) is 0. The third kappa shape index (κ3) is 3.16. The number of benzene rings is 1. The maximum absolute atomic E-state index is 5.77. The Morgan fingerprint density at radius 2 is 1.79 bits per heavy atom. The van der Waals surface area contributed by atoms with E-state index in [9.17, 15) is 0 Å². The highest BCUT2D eigenvalue weighted by Crippen LogP contribution is 2.39. The normalized spacial score (nSPS) is 17.9. The van der Waals surface area contributed by atoms with Crippen molar-refractivity contribution in [2.45, 2.75) is 25.7 Å². The zero-order valence-electron chi connectivity index (χ0n) is 14.2. The molecular weight excluding hydrogens is 300 g/mol. The van der Waals surface area contributed by atoms with Gasteiger partial charge in [0.25, 0.3) is 0 Å². The van der Waals surface area contributed by atoms with Crippen LogP contribution in [0.1, 0.15) is 31.4 Å². The number of ether oxygens (including phenoxy) is 1. The van der Waals surface area contributed by atoms with Gasteiger partial charge in [0.2, 0.25) is 0 Å². The van der Waals surface area contributed by atoms with Crippen LogP contribution < -0.4 is 14.5 Å². The van der Waals surface area contributed by atoms with E-state index in [2.05, 4.69) is 44.0 Å². The van der Waals surface area contributed by atoms with E-state index in [1.807, 2.05) is 13.0 Å². The molecule has 0 N–H and O–H groups in total. The van der Waals surface area contributed by atoms with Crippen molar-refractivity contribution in [1.29, 1.82) is 0 Å². The van der Waals surface area contributed by atoms with Gasteiger partial charge in [-0.2, -0.15) is 0 Å². The largest absolute Gasteiger partial charge is 0.492 e. The second-order valence-corrected chi connectivity index (χ2v) is 6.45.